The third-order valence-electron chi connectivity index (χ3n) is 2.26. The minimum atomic E-state index is 1.19. The Labute approximate surface area is 83.7 Å². The molecule has 13 heavy (non-hydrogen) atoms. The lowest BCUT2D eigenvalue weighted by molar-refractivity contribution is 0.596. The molecule has 0 aliphatic rings. The molecular weight excluding hydrogens is 156 g/mol. The van der Waals surface area contributed by atoms with Crippen LogP contribution < -0.4 is 0 Å². The van der Waals surface area contributed by atoms with E-state index in [1.54, 1.807) is 0 Å². The van der Waals surface area contributed by atoms with Crippen molar-refractivity contribution in [2.24, 2.45) is 0 Å². The summed E-state index contributed by atoms with van der Waals surface area (Å²) in [7, 11) is 0. The Kier molecular flexibility index (Phi) is 9.18. The van der Waals surface area contributed by atoms with Crippen LogP contribution in [-0.4, -0.2) is 0 Å². The molecule has 0 rings (SSSR count). The molecule has 0 saturated heterocycles. The third kappa shape index (κ3) is 11.5. The van der Waals surface area contributed by atoms with Gasteiger partial charge in [-0.15, -0.1) is 13.2 Å². The summed E-state index contributed by atoms with van der Waals surface area (Å²) in [6, 6.07) is 0. The van der Waals surface area contributed by atoms with Gasteiger partial charge in [-0.05, 0) is 32.6 Å². The maximum Gasteiger partial charge on any atom is -0.0326 e. The summed E-state index contributed by atoms with van der Waals surface area (Å²) in [6.07, 6.45) is 12.6. The number of hydrogen-bond donors (Lipinski definition) is 0. The Morgan fingerprint density at radius 1 is 1.00 bits per heavy atom. The largest absolute Gasteiger partial charge is 0.103 e. The van der Waals surface area contributed by atoms with E-state index in [9.17, 15) is 0 Å². The quantitative estimate of drug-likeness (QED) is 0.351. The summed E-state index contributed by atoms with van der Waals surface area (Å²) in [6.45, 7) is 9.74. The first-order chi connectivity index (χ1) is 6.27. The van der Waals surface area contributed by atoms with E-state index in [1.807, 2.05) is 6.08 Å². The molecule has 0 unspecified atom stereocenters. The van der Waals surface area contributed by atoms with Crippen molar-refractivity contribution < 1.29 is 0 Å². The molecule has 0 radical (unpaired) electrons. The van der Waals surface area contributed by atoms with Crippen molar-refractivity contribution in [2.75, 3.05) is 0 Å². The van der Waals surface area contributed by atoms with Gasteiger partial charge in [0.25, 0.3) is 0 Å². The van der Waals surface area contributed by atoms with Crippen LogP contribution in [-0.2, 0) is 0 Å². The van der Waals surface area contributed by atoms with E-state index in [1.165, 1.54) is 56.9 Å². The van der Waals surface area contributed by atoms with Crippen molar-refractivity contribution >= 4 is 0 Å². The first kappa shape index (κ1) is 12.5. The minimum Gasteiger partial charge on any atom is -0.103 e. The van der Waals surface area contributed by atoms with Gasteiger partial charge < -0.3 is 0 Å². The summed E-state index contributed by atoms with van der Waals surface area (Å²) in [5.41, 5.74) is 1.33. The summed E-state index contributed by atoms with van der Waals surface area (Å²) < 4.78 is 0. The van der Waals surface area contributed by atoms with E-state index >= 15 is 0 Å². The van der Waals surface area contributed by atoms with Crippen LogP contribution in [0.15, 0.2) is 24.8 Å². The van der Waals surface area contributed by atoms with Crippen LogP contribution in [0.25, 0.3) is 0 Å². The molecule has 0 N–H and O–H groups in total. The van der Waals surface area contributed by atoms with E-state index in [0.717, 1.165) is 0 Å². The highest BCUT2D eigenvalue weighted by Gasteiger charge is 1.91. The van der Waals surface area contributed by atoms with Crippen LogP contribution in [0.3, 0.4) is 0 Å². The van der Waals surface area contributed by atoms with E-state index in [0.29, 0.717) is 0 Å². The van der Waals surface area contributed by atoms with Crippen molar-refractivity contribution in [2.45, 2.75) is 58.3 Å². The second-order valence-electron chi connectivity index (χ2n) is 3.91. The average Bonchev–Trinajstić information content (AvgIpc) is 2.09. The molecule has 0 heterocycles. The zero-order valence-corrected chi connectivity index (χ0v) is 9.15. The molecule has 0 aliphatic carbocycles. The molecule has 0 aliphatic heterocycles. The van der Waals surface area contributed by atoms with Gasteiger partial charge >= 0.3 is 0 Å². The minimum absolute atomic E-state index is 1.19. The normalized spacial score (nSPS) is 9.92. The lowest BCUT2D eigenvalue weighted by Crippen LogP contribution is -1.80. The molecule has 0 aromatic rings. The van der Waals surface area contributed by atoms with Crippen LogP contribution in [0.5, 0.6) is 0 Å². The zero-order valence-electron chi connectivity index (χ0n) is 9.15. The second-order valence-corrected chi connectivity index (χ2v) is 3.91. The summed E-state index contributed by atoms with van der Waals surface area (Å²) in [5.74, 6) is 0. The maximum atomic E-state index is 3.90. The highest BCUT2D eigenvalue weighted by Crippen LogP contribution is 2.10. The summed E-state index contributed by atoms with van der Waals surface area (Å²) >= 11 is 0. The van der Waals surface area contributed by atoms with Crippen molar-refractivity contribution in [1.82, 2.24) is 0 Å². The van der Waals surface area contributed by atoms with Gasteiger partial charge in [0, 0.05) is 0 Å². The lowest BCUT2D eigenvalue weighted by Gasteiger charge is -2.00. The first-order valence-electron chi connectivity index (χ1n) is 5.52. The molecule has 76 valence electrons. The molecule has 0 heteroatoms. The van der Waals surface area contributed by atoms with Gasteiger partial charge in [-0.25, -0.2) is 0 Å². The maximum absolute atomic E-state index is 3.90. The topological polar surface area (TPSA) is 0 Å². The molecule has 0 fully saturated rings. The van der Waals surface area contributed by atoms with Crippen molar-refractivity contribution in [3.05, 3.63) is 24.8 Å². The molecule has 0 aromatic carbocycles. The molecule has 0 atom stereocenters. The third-order valence-corrected chi connectivity index (χ3v) is 2.26. The van der Waals surface area contributed by atoms with Crippen molar-refractivity contribution in [3.63, 3.8) is 0 Å². The van der Waals surface area contributed by atoms with E-state index in [-0.39, 0.29) is 0 Å². The van der Waals surface area contributed by atoms with Crippen LogP contribution in [0.1, 0.15) is 58.3 Å². The van der Waals surface area contributed by atoms with Crippen LogP contribution in [0.2, 0.25) is 0 Å². The molecule has 0 bridgehead atoms. The Morgan fingerprint density at radius 3 is 2.08 bits per heavy atom. The second kappa shape index (κ2) is 9.57. The van der Waals surface area contributed by atoms with Gasteiger partial charge in [0.15, 0.2) is 0 Å². The highest BCUT2D eigenvalue weighted by molar-refractivity contribution is 4.86. The van der Waals surface area contributed by atoms with Gasteiger partial charge in [0.2, 0.25) is 0 Å². The average molecular weight is 180 g/mol. The van der Waals surface area contributed by atoms with Gasteiger partial charge in [-0.1, -0.05) is 37.3 Å². The van der Waals surface area contributed by atoms with Gasteiger partial charge in [-0.2, -0.15) is 0 Å². The van der Waals surface area contributed by atoms with Crippen LogP contribution in [0.4, 0.5) is 0 Å². The van der Waals surface area contributed by atoms with Gasteiger partial charge in [0.05, 0.1) is 0 Å². The molecule has 0 amide bonds. The monoisotopic (exact) mass is 180 g/mol. The Balaban J connectivity index is 2.91. The van der Waals surface area contributed by atoms with E-state index in [4.69, 9.17) is 0 Å². The van der Waals surface area contributed by atoms with Gasteiger partial charge in [-0.3, -0.25) is 0 Å². The summed E-state index contributed by atoms with van der Waals surface area (Å²) in [4.78, 5) is 0. The predicted octanol–water partition coefficient (Wildman–Crippen LogP) is 4.87. The van der Waals surface area contributed by atoms with E-state index < -0.39 is 0 Å². The predicted molar refractivity (Wildman–Crippen MR) is 61.9 cm³/mol. The number of rotatable bonds is 9. The Bertz CT molecular complexity index is 133. The fourth-order valence-electron chi connectivity index (χ4n) is 1.42. The number of hydrogen-bond acceptors (Lipinski definition) is 0. The standard InChI is InChI=1S/C13H24/c1-4-5-6-7-8-9-10-11-12-13(2)3/h4H,1-2,5-12H2,3H3. The Morgan fingerprint density at radius 2 is 1.54 bits per heavy atom. The van der Waals surface area contributed by atoms with E-state index in [2.05, 4.69) is 20.1 Å². The van der Waals surface area contributed by atoms with Gasteiger partial charge in [0.1, 0.15) is 0 Å². The first-order valence-corrected chi connectivity index (χ1v) is 5.52. The molecule has 0 aromatic heterocycles. The fraction of sp³-hybridized carbons (Fsp3) is 0.692. The Hall–Kier alpha value is -0.520. The SMILES string of the molecule is C=CCCCCCCCCC(=C)C. The number of unbranched alkanes of at least 4 members (excludes halogenated alkanes) is 6. The molecule has 0 nitrogen and oxygen atoms in total. The molecule has 0 saturated carbocycles. The molecule has 0 spiro atoms. The van der Waals surface area contributed by atoms with Crippen molar-refractivity contribution in [1.29, 1.82) is 0 Å². The fourth-order valence-corrected chi connectivity index (χ4v) is 1.42. The summed E-state index contributed by atoms with van der Waals surface area (Å²) in [5, 5.41) is 0. The van der Waals surface area contributed by atoms with Crippen LogP contribution in [0, 0.1) is 0 Å². The smallest absolute Gasteiger partial charge is 0.0326 e. The highest BCUT2D eigenvalue weighted by atomic mass is 14.0. The molecular formula is C13H24. The van der Waals surface area contributed by atoms with Crippen LogP contribution >= 0.6 is 0 Å². The number of allylic oxidation sites excluding steroid dienone is 2. The van der Waals surface area contributed by atoms with Crippen molar-refractivity contribution in [3.8, 4) is 0 Å². The zero-order chi connectivity index (χ0) is 9.94. The lowest BCUT2D eigenvalue weighted by atomic mass is 10.1.